The molecule has 2 unspecified atom stereocenters. The highest BCUT2D eigenvalue weighted by Crippen LogP contribution is 2.49. The lowest BCUT2D eigenvalue weighted by molar-refractivity contribution is -0.152. The van der Waals surface area contributed by atoms with E-state index in [1.165, 1.54) is 10.4 Å². The van der Waals surface area contributed by atoms with Crippen molar-refractivity contribution in [3.05, 3.63) is 157 Å². The standard InChI is InChI=1S/C63H88O8SSi3/c1-46(47(2)70-75(62(6,7)8,50-33-25-19-26-34-50)51-35-27-20-28-36-51)37-39-55(71-74(15,16)61(3,4)5)59-54(68-63(9,10)69-59)41-42-56(72-49-31-23-18-24-32-49)57-52(48-29-21-17-22-30-48)38-40-53(67-45-65-11)58(57)60(64)66-43-44-73(12,13)14/h17-40,46-47,54-56,59H,41-45H2,1-16H3/b39-37-/t46-,47+,54+,55?,56?,59+/m1/s1. The van der Waals surface area contributed by atoms with E-state index in [1.807, 2.05) is 44.2 Å². The quantitative estimate of drug-likeness (QED) is 0.0197. The molecule has 0 aliphatic carbocycles. The summed E-state index contributed by atoms with van der Waals surface area (Å²) >= 11 is 1.74. The van der Waals surface area contributed by atoms with E-state index in [0.717, 1.165) is 27.6 Å². The Kier molecular flexibility index (Phi) is 20.5. The van der Waals surface area contributed by atoms with Crippen molar-refractivity contribution in [3.63, 3.8) is 0 Å². The molecule has 0 saturated carbocycles. The molecule has 6 rings (SSSR count). The zero-order valence-electron chi connectivity index (χ0n) is 48.0. The summed E-state index contributed by atoms with van der Waals surface area (Å²) in [5.41, 5.74) is 3.21. The lowest BCUT2D eigenvalue weighted by Gasteiger charge is -2.45. The SMILES string of the molecule is COCOc1ccc(-c2ccccc2)c(C(CC[C@@H]2OC(C)(C)O[C@@H]2C(/C=C\[C@@H](C)[C@H](C)O[Si](c2ccccc2)(c2ccccc2)C(C)(C)C)O[Si](C)(C)C(C)(C)C)Sc2ccccc2)c1C(=O)OCC[Si](C)(C)C. The van der Waals surface area contributed by atoms with E-state index in [4.69, 9.17) is 32.5 Å². The molecule has 0 radical (unpaired) electrons. The average Bonchev–Trinajstić information content (AvgIpc) is 3.68. The molecule has 0 aromatic heterocycles. The third kappa shape index (κ3) is 15.6. The van der Waals surface area contributed by atoms with Crippen LogP contribution in [0.4, 0.5) is 0 Å². The van der Waals surface area contributed by atoms with Gasteiger partial charge in [-0.25, -0.2) is 4.79 Å². The molecule has 1 fully saturated rings. The molecule has 1 aliphatic heterocycles. The number of carbonyl (C=O) groups excluding carboxylic acids is 1. The highest BCUT2D eigenvalue weighted by molar-refractivity contribution is 7.99. The predicted molar refractivity (Wildman–Crippen MR) is 319 cm³/mol. The van der Waals surface area contributed by atoms with Crippen LogP contribution >= 0.6 is 11.8 Å². The second-order valence-electron chi connectivity index (χ2n) is 24.5. The summed E-state index contributed by atoms with van der Waals surface area (Å²) in [6.45, 7) is 34.1. The molecular formula is C63H88O8SSi3. The third-order valence-corrected chi connectivity index (χ3v) is 27.5. The van der Waals surface area contributed by atoms with Gasteiger partial charge in [0.05, 0.1) is 18.8 Å². The molecule has 0 N–H and O–H groups in total. The highest BCUT2D eigenvalue weighted by atomic mass is 32.2. The van der Waals surface area contributed by atoms with Crippen molar-refractivity contribution in [1.29, 1.82) is 0 Å². The molecule has 6 atom stereocenters. The van der Waals surface area contributed by atoms with Gasteiger partial charge in [-0.2, -0.15) is 0 Å². The summed E-state index contributed by atoms with van der Waals surface area (Å²) in [6, 6.07) is 47.2. The Morgan fingerprint density at radius 3 is 1.81 bits per heavy atom. The molecule has 0 amide bonds. The molecule has 8 nitrogen and oxygen atoms in total. The van der Waals surface area contributed by atoms with Crippen LogP contribution in [0.5, 0.6) is 5.75 Å². The normalized spacial score (nSPS) is 18.1. The van der Waals surface area contributed by atoms with Gasteiger partial charge in [0.1, 0.15) is 17.4 Å². The minimum atomic E-state index is -2.84. The minimum Gasteiger partial charge on any atom is -0.467 e. The number of benzene rings is 5. The van der Waals surface area contributed by atoms with Crippen molar-refractivity contribution in [3.8, 4) is 16.9 Å². The second kappa shape index (κ2) is 25.6. The molecule has 406 valence electrons. The molecule has 5 aromatic rings. The monoisotopic (exact) mass is 1090 g/mol. The Hall–Kier alpha value is -4.09. The molecule has 75 heavy (non-hydrogen) atoms. The number of ether oxygens (including phenoxy) is 5. The summed E-state index contributed by atoms with van der Waals surface area (Å²) in [7, 11) is -5.18. The van der Waals surface area contributed by atoms with Crippen LogP contribution in [0.2, 0.25) is 48.9 Å². The number of thioether (sulfide) groups is 1. The van der Waals surface area contributed by atoms with Crippen molar-refractivity contribution in [2.24, 2.45) is 5.92 Å². The lowest BCUT2D eigenvalue weighted by Crippen LogP contribution is -2.67. The summed E-state index contributed by atoms with van der Waals surface area (Å²) in [4.78, 5) is 15.9. The van der Waals surface area contributed by atoms with Crippen molar-refractivity contribution < 1.29 is 37.3 Å². The van der Waals surface area contributed by atoms with Crippen LogP contribution < -0.4 is 15.1 Å². The van der Waals surface area contributed by atoms with E-state index < -0.39 is 48.7 Å². The Morgan fingerprint density at radius 1 is 0.720 bits per heavy atom. The Morgan fingerprint density at radius 2 is 1.28 bits per heavy atom. The van der Waals surface area contributed by atoms with Crippen LogP contribution in [0, 0.1) is 5.92 Å². The van der Waals surface area contributed by atoms with Gasteiger partial charge in [0.2, 0.25) is 0 Å². The van der Waals surface area contributed by atoms with E-state index in [0.29, 0.717) is 30.8 Å². The maximum Gasteiger partial charge on any atom is 0.342 e. The Balaban J connectivity index is 1.42. The lowest BCUT2D eigenvalue weighted by atomic mass is 9.89. The molecule has 1 heterocycles. The minimum absolute atomic E-state index is 0.0190. The van der Waals surface area contributed by atoms with Crippen LogP contribution in [0.1, 0.15) is 103 Å². The maximum absolute atomic E-state index is 14.8. The van der Waals surface area contributed by atoms with Gasteiger partial charge in [0, 0.05) is 31.4 Å². The highest BCUT2D eigenvalue weighted by Gasteiger charge is 2.52. The number of hydrogen-bond donors (Lipinski definition) is 0. The first-order valence-electron chi connectivity index (χ1n) is 27.0. The van der Waals surface area contributed by atoms with Gasteiger partial charge in [-0.15, -0.1) is 11.8 Å². The van der Waals surface area contributed by atoms with Gasteiger partial charge in [-0.3, -0.25) is 0 Å². The smallest absolute Gasteiger partial charge is 0.342 e. The molecule has 1 aliphatic rings. The van der Waals surface area contributed by atoms with Crippen LogP contribution in [0.25, 0.3) is 11.1 Å². The largest absolute Gasteiger partial charge is 0.467 e. The molecular weight excluding hydrogens is 1000 g/mol. The molecule has 0 spiro atoms. The molecule has 12 heteroatoms. The molecule has 1 saturated heterocycles. The van der Waals surface area contributed by atoms with Gasteiger partial charge < -0.3 is 32.5 Å². The van der Waals surface area contributed by atoms with E-state index >= 15 is 0 Å². The van der Waals surface area contributed by atoms with Gasteiger partial charge in [0.25, 0.3) is 8.32 Å². The zero-order valence-corrected chi connectivity index (χ0v) is 51.8. The number of carbonyl (C=O) groups is 1. The number of esters is 1. The van der Waals surface area contributed by atoms with Crippen molar-refractivity contribution in [2.75, 3.05) is 20.5 Å². The van der Waals surface area contributed by atoms with Crippen LogP contribution in [0.15, 0.2) is 151 Å². The summed E-state index contributed by atoms with van der Waals surface area (Å²) in [6.07, 6.45) is 4.40. The first kappa shape index (κ1) is 60.1. The van der Waals surface area contributed by atoms with Gasteiger partial charge in [-0.05, 0) is 114 Å². The Bertz CT molecular complexity index is 2550. The second-order valence-corrected chi connectivity index (χ2v) is 40.4. The predicted octanol–water partition coefficient (Wildman–Crippen LogP) is 15.5. The number of methoxy groups -OCH3 is 1. The van der Waals surface area contributed by atoms with Gasteiger partial charge in [-0.1, -0.05) is 196 Å². The van der Waals surface area contributed by atoms with Crippen LogP contribution in [-0.2, 0) is 27.8 Å². The van der Waals surface area contributed by atoms with Gasteiger partial charge in [0.15, 0.2) is 20.9 Å². The summed E-state index contributed by atoms with van der Waals surface area (Å²) < 4.78 is 47.1. The maximum atomic E-state index is 14.8. The van der Waals surface area contributed by atoms with Crippen molar-refractivity contribution in [2.45, 2.75) is 171 Å². The van der Waals surface area contributed by atoms with Gasteiger partial charge >= 0.3 is 5.97 Å². The fourth-order valence-corrected chi connectivity index (χ4v) is 17.6. The summed E-state index contributed by atoms with van der Waals surface area (Å²) in [5.74, 6) is -0.844. The number of hydrogen-bond acceptors (Lipinski definition) is 9. The Labute approximate surface area is 458 Å². The fourth-order valence-electron chi connectivity index (χ4n) is 9.64. The average molecular weight is 1090 g/mol. The first-order chi connectivity index (χ1) is 35.3. The topological polar surface area (TPSA) is 81.7 Å². The zero-order chi connectivity index (χ0) is 54.8. The first-order valence-corrected chi connectivity index (χ1v) is 36.4. The van der Waals surface area contributed by atoms with E-state index in [1.54, 1.807) is 18.9 Å². The van der Waals surface area contributed by atoms with Crippen LogP contribution in [0.3, 0.4) is 0 Å². The van der Waals surface area contributed by atoms with E-state index in [2.05, 4.69) is 203 Å². The third-order valence-electron chi connectivity index (χ3n) is 14.9. The summed E-state index contributed by atoms with van der Waals surface area (Å²) in [5, 5.41) is 2.02. The van der Waals surface area contributed by atoms with Crippen molar-refractivity contribution in [1.82, 2.24) is 0 Å². The van der Waals surface area contributed by atoms with Crippen LogP contribution in [-0.4, -0.2) is 81.4 Å². The molecule has 0 bridgehead atoms. The number of rotatable bonds is 24. The molecule has 5 aromatic carbocycles. The van der Waals surface area contributed by atoms with E-state index in [-0.39, 0.29) is 40.2 Å². The fraction of sp³-hybridized carbons (Fsp3) is 0.476. The van der Waals surface area contributed by atoms with E-state index in [9.17, 15) is 4.79 Å². The van der Waals surface area contributed by atoms with Crippen molar-refractivity contribution >= 4 is 52.8 Å².